The predicted octanol–water partition coefficient (Wildman–Crippen LogP) is 4.62. The van der Waals surface area contributed by atoms with E-state index >= 15 is 0 Å². The fraction of sp³-hybridized carbons (Fsp3) is 0.680. The number of carbonyl (C=O) groups is 2. The van der Waals surface area contributed by atoms with Crippen molar-refractivity contribution in [1.82, 2.24) is 9.80 Å². The Labute approximate surface area is 197 Å². The van der Waals surface area contributed by atoms with Gasteiger partial charge in [0, 0.05) is 55.5 Å². The van der Waals surface area contributed by atoms with E-state index in [1.807, 2.05) is 19.1 Å². The minimum atomic E-state index is -0.0321. The maximum Gasteiger partial charge on any atom is 0.226 e. The normalized spacial score (nSPS) is 21.9. The van der Waals surface area contributed by atoms with Gasteiger partial charge in [-0.25, -0.2) is 0 Å². The molecule has 2 heterocycles. The lowest BCUT2D eigenvalue weighted by Crippen LogP contribution is -2.55. The van der Waals surface area contributed by atoms with Gasteiger partial charge in [-0.15, -0.1) is 0 Å². The van der Waals surface area contributed by atoms with Crippen molar-refractivity contribution in [3.63, 3.8) is 0 Å². The van der Waals surface area contributed by atoms with Gasteiger partial charge in [0.1, 0.15) is 0 Å². The molecule has 2 saturated heterocycles. The van der Waals surface area contributed by atoms with Crippen LogP contribution in [0.2, 0.25) is 5.02 Å². The van der Waals surface area contributed by atoms with E-state index in [9.17, 15) is 9.59 Å². The van der Waals surface area contributed by atoms with Crippen molar-refractivity contribution in [2.75, 3.05) is 31.6 Å². The van der Waals surface area contributed by atoms with E-state index in [2.05, 4.69) is 35.9 Å². The summed E-state index contributed by atoms with van der Waals surface area (Å²) in [6.45, 7) is 12.3. The van der Waals surface area contributed by atoms with Crippen molar-refractivity contribution in [3.05, 3.63) is 28.3 Å². The van der Waals surface area contributed by atoms with Crippen LogP contribution in [0.15, 0.2) is 12.1 Å². The Morgan fingerprint density at radius 3 is 2.62 bits per heavy atom. The van der Waals surface area contributed by atoms with Gasteiger partial charge in [0.15, 0.2) is 0 Å². The SMILES string of the molecule is CCC(CC)C(=O)N1CCN(Cc2cc(Cl)cc(NC(=O)CC3CCCO3)c2C)C[C@@H]1C. The number of piperazine rings is 1. The molecule has 1 N–H and O–H groups in total. The van der Waals surface area contributed by atoms with E-state index in [4.69, 9.17) is 16.3 Å². The van der Waals surface area contributed by atoms with Crippen LogP contribution >= 0.6 is 11.6 Å². The van der Waals surface area contributed by atoms with Gasteiger partial charge in [-0.1, -0.05) is 25.4 Å². The van der Waals surface area contributed by atoms with Crippen LogP contribution in [0.5, 0.6) is 0 Å². The molecule has 0 aromatic heterocycles. The monoisotopic (exact) mass is 463 g/mol. The largest absolute Gasteiger partial charge is 0.378 e. The molecule has 0 bridgehead atoms. The molecule has 6 nitrogen and oxygen atoms in total. The second-order valence-corrected chi connectivity index (χ2v) is 9.69. The molecule has 0 saturated carbocycles. The molecule has 1 aromatic rings. The first-order valence-corrected chi connectivity index (χ1v) is 12.4. The molecular formula is C25H38ClN3O3. The average Bonchev–Trinajstić information content (AvgIpc) is 3.25. The Balaban J connectivity index is 1.62. The summed E-state index contributed by atoms with van der Waals surface area (Å²) < 4.78 is 5.58. The maximum atomic E-state index is 12.8. The topological polar surface area (TPSA) is 61.9 Å². The first kappa shape index (κ1) is 25.0. The highest BCUT2D eigenvalue weighted by atomic mass is 35.5. The number of rotatable bonds is 8. The van der Waals surface area contributed by atoms with Crippen LogP contribution in [0.4, 0.5) is 5.69 Å². The predicted molar refractivity (Wildman–Crippen MR) is 129 cm³/mol. The first-order chi connectivity index (χ1) is 15.3. The van der Waals surface area contributed by atoms with E-state index in [1.54, 1.807) is 0 Å². The van der Waals surface area contributed by atoms with Crippen molar-refractivity contribution in [2.24, 2.45) is 5.92 Å². The molecule has 32 heavy (non-hydrogen) atoms. The van der Waals surface area contributed by atoms with Gasteiger partial charge >= 0.3 is 0 Å². The van der Waals surface area contributed by atoms with Gasteiger partial charge in [0.05, 0.1) is 12.5 Å². The lowest BCUT2D eigenvalue weighted by atomic mass is 9.99. The second-order valence-electron chi connectivity index (χ2n) is 9.25. The molecule has 7 heteroatoms. The van der Waals surface area contributed by atoms with Crippen molar-refractivity contribution in [3.8, 4) is 0 Å². The lowest BCUT2D eigenvalue weighted by molar-refractivity contribution is -0.140. The number of halogens is 1. The van der Waals surface area contributed by atoms with Gasteiger partial charge in [-0.2, -0.15) is 0 Å². The Morgan fingerprint density at radius 1 is 1.25 bits per heavy atom. The number of anilines is 1. The van der Waals surface area contributed by atoms with E-state index in [0.29, 0.717) is 11.4 Å². The summed E-state index contributed by atoms with van der Waals surface area (Å²) in [4.78, 5) is 29.8. The highest BCUT2D eigenvalue weighted by Gasteiger charge is 2.30. The van der Waals surface area contributed by atoms with E-state index in [1.165, 1.54) is 0 Å². The summed E-state index contributed by atoms with van der Waals surface area (Å²) in [6.07, 6.45) is 4.15. The summed E-state index contributed by atoms with van der Waals surface area (Å²) >= 11 is 6.41. The van der Waals surface area contributed by atoms with E-state index < -0.39 is 0 Å². The van der Waals surface area contributed by atoms with Gasteiger partial charge in [-0.05, 0) is 62.8 Å². The standard InChI is InChI=1S/C25H38ClN3O3/c1-5-19(6-2)25(31)29-10-9-28(15-17(29)3)16-20-12-21(26)13-23(18(20)4)27-24(30)14-22-8-7-11-32-22/h12-13,17,19,22H,5-11,14-16H2,1-4H3,(H,27,30)/t17-,22?/m0/s1. The Bertz CT molecular complexity index is 806. The zero-order valence-electron chi connectivity index (χ0n) is 20.0. The molecule has 2 amide bonds. The fourth-order valence-corrected chi connectivity index (χ4v) is 5.10. The van der Waals surface area contributed by atoms with Crippen LogP contribution in [0.25, 0.3) is 0 Å². The molecule has 1 aromatic carbocycles. The Morgan fingerprint density at radius 2 is 2.00 bits per heavy atom. The van der Waals surface area contributed by atoms with Gasteiger partial charge in [-0.3, -0.25) is 14.5 Å². The molecule has 2 fully saturated rings. The van der Waals surface area contributed by atoms with Gasteiger partial charge < -0.3 is 15.0 Å². The summed E-state index contributed by atoms with van der Waals surface area (Å²) in [5.74, 6) is 0.382. The second kappa shape index (κ2) is 11.5. The van der Waals surface area contributed by atoms with Crippen molar-refractivity contribution in [1.29, 1.82) is 0 Å². The molecule has 1 unspecified atom stereocenters. The van der Waals surface area contributed by atoms with Crippen LogP contribution in [-0.2, 0) is 20.9 Å². The van der Waals surface area contributed by atoms with E-state index in [-0.39, 0.29) is 29.9 Å². The number of nitrogens with one attached hydrogen (secondary N) is 1. The number of carbonyl (C=O) groups excluding carboxylic acids is 2. The van der Waals surface area contributed by atoms with Crippen molar-refractivity contribution < 1.29 is 14.3 Å². The molecule has 2 atom stereocenters. The third-order valence-corrected chi connectivity index (χ3v) is 7.13. The fourth-order valence-electron chi connectivity index (χ4n) is 4.86. The zero-order chi connectivity index (χ0) is 23.3. The number of amides is 2. The lowest BCUT2D eigenvalue weighted by Gasteiger charge is -2.41. The molecule has 0 aliphatic carbocycles. The highest BCUT2D eigenvalue weighted by molar-refractivity contribution is 6.31. The smallest absolute Gasteiger partial charge is 0.226 e. The Kier molecular flexibility index (Phi) is 8.97. The third-order valence-electron chi connectivity index (χ3n) is 6.91. The Hall–Kier alpha value is -1.63. The summed E-state index contributed by atoms with van der Waals surface area (Å²) in [5, 5.41) is 3.66. The molecule has 0 radical (unpaired) electrons. The molecule has 3 rings (SSSR count). The average molecular weight is 464 g/mol. The number of ether oxygens (including phenoxy) is 1. The van der Waals surface area contributed by atoms with Crippen LogP contribution in [0.3, 0.4) is 0 Å². The van der Waals surface area contributed by atoms with Crippen LogP contribution in [0, 0.1) is 12.8 Å². The maximum absolute atomic E-state index is 12.8. The summed E-state index contributed by atoms with van der Waals surface area (Å²) in [5.41, 5.74) is 2.92. The van der Waals surface area contributed by atoms with Gasteiger partial charge in [0.25, 0.3) is 0 Å². The zero-order valence-corrected chi connectivity index (χ0v) is 20.7. The molecule has 2 aliphatic heterocycles. The van der Waals surface area contributed by atoms with Gasteiger partial charge in [0.2, 0.25) is 11.8 Å². The quantitative estimate of drug-likeness (QED) is 0.610. The van der Waals surface area contributed by atoms with Crippen molar-refractivity contribution in [2.45, 2.75) is 78.5 Å². The molecular weight excluding hydrogens is 426 g/mol. The van der Waals surface area contributed by atoms with Crippen molar-refractivity contribution >= 4 is 29.1 Å². The number of hydrogen-bond acceptors (Lipinski definition) is 4. The highest BCUT2D eigenvalue weighted by Crippen LogP contribution is 2.28. The van der Waals surface area contributed by atoms with Crippen LogP contribution < -0.4 is 5.32 Å². The summed E-state index contributed by atoms with van der Waals surface area (Å²) in [6, 6.07) is 3.99. The number of hydrogen-bond donors (Lipinski definition) is 1. The van der Waals surface area contributed by atoms with Crippen LogP contribution in [-0.4, -0.2) is 60.0 Å². The number of benzene rings is 1. The minimum Gasteiger partial charge on any atom is -0.378 e. The first-order valence-electron chi connectivity index (χ1n) is 12.1. The minimum absolute atomic E-state index is 0.0227. The van der Waals surface area contributed by atoms with E-state index in [0.717, 1.165) is 75.3 Å². The summed E-state index contributed by atoms with van der Waals surface area (Å²) in [7, 11) is 0. The third kappa shape index (κ3) is 6.24. The molecule has 2 aliphatic rings. The van der Waals surface area contributed by atoms with Crippen LogP contribution in [0.1, 0.15) is 64.0 Å². The number of nitrogens with zero attached hydrogens (tertiary/aromatic N) is 2. The molecule has 178 valence electrons. The molecule has 0 spiro atoms.